The molecule has 0 saturated carbocycles. The molecule has 2 heteroatoms. The molecule has 2 aromatic carbocycles. The highest BCUT2D eigenvalue weighted by atomic mass is 16.5. The SMILES string of the molecule is CCC(Cc1ccccc1)NC1COc2ccccc21. The van der Waals surface area contributed by atoms with Crippen LogP contribution in [-0.2, 0) is 6.42 Å². The maximum atomic E-state index is 5.74. The molecule has 1 heterocycles. The highest BCUT2D eigenvalue weighted by Crippen LogP contribution is 2.32. The van der Waals surface area contributed by atoms with Gasteiger partial charge in [-0.05, 0) is 24.5 Å². The van der Waals surface area contributed by atoms with Gasteiger partial charge in [0.25, 0.3) is 0 Å². The summed E-state index contributed by atoms with van der Waals surface area (Å²) < 4.78 is 5.74. The van der Waals surface area contributed by atoms with Gasteiger partial charge in [0.05, 0.1) is 6.04 Å². The van der Waals surface area contributed by atoms with Crippen molar-refractivity contribution >= 4 is 0 Å². The van der Waals surface area contributed by atoms with Crippen molar-refractivity contribution in [1.82, 2.24) is 5.32 Å². The lowest BCUT2D eigenvalue weighted by Gasteiger charge is -2.21. The number of para-hydroxylation sites is 1. The van der Waals surface area contributed by atoms with Crippen LogP contribution in [0.2, 0.25) is 0 Å². The zero-order valence-corrected chi connectivity index (χ0v) is 11.9. The summed E-state index contributed by atoms with van der Waals surface area (Å²) in [5.74, 6) is 1.03. The summed E-state index contributed by atoms with van der Waals surface area (Å²) in [6.07, 6.45) is 2.18. The van der Waals surface area contributed by atoms with Gasteiger partial charge in [-0.1, -0.05) is 55.5 Å². The van der Waals surface area contributed by atoms with E-state index in [0.29, 0.717) is 12.1 Å². The van der Waals surface area contributed by atoms with Crippen LogP contribution < -0.4 is 10.1 Å². The van der Waals surface area contributed by atoms with Gasteiger partial charge in [-0.3, -0.25) is 0 Å². The van der Waals surface area contributed by atoms with E-state index >= 15 is 0 Å². The Balaban J connectivity index is 1.67. The number of hydrogen-bond donors (Lipinski definition) is 1. The van der Waals surface area contributed by atoms with Crippen LogP contribution in [0.1, 0.15) is 30.5 Å². The summed E-state index contributed by atoms with van der Waals surface area (Å²) in [5.41, 5.74) is 2.68. The second kappa shape index (κ2) is 6.10. The Hall–Kier alpha value is -1.80. The summed E-state index contributed by atoms with van der Waals surface area (Å²) in [4.78, 5) is 0. The molecule has 0 spiro atoms. The van der Waals surface area contributed by atoms with Crippen molar-refractivity contribution < 1.29 is 4.74 Å². The maximum absolute atomic E-state index is 5.74. The molecule has 104 valence electrons. The van der Waals surface area contributed by atoms with E-state index in [2.05, 4.69) is 60.8 Å². The Labute approximate surface area is 120 Å². The topological polar surface area (TPSA) is 21.3 Å². The minimum atomic E-state index is 0.319. The Morgan fingerprint density at radius 2 is 1.85 bits per heavy atom. The number of benzene rings is 2. The minimum absolute atomic E-state index is 0.319. The molecular formula is C18H21NO. The fraction of sp³-hybridized carbons (Fsp3) is 0.333. The van der Waals surface area contributed by atoms with Gasteiger partial charge in [0.2, 0.25) is 0 Å². The number of rotatable bonds is 5. The first-order chi connectivity index (χ1) is 9.86. The largest absolute Gasteiger partial charge is 0.491 e. The highest BCUT2D eigenvalue weighted by molar-refractivity contribution is 5.39. The summed E-state index contributed by atoms with van der Waals surface area (Å²) in [5, 5.41) is 3.75. The van der Waals surface area contributed by atoms with Crippen LogP contribution in [0, 0.1) is 0 Å². The normalized spacial score (nSPS) is 18.4. The van der Waals surface area contributed by atoms with Crippen molar-refractivity contribution in [2.24, 2.45) is 0 Å². The van der Waals surface area contributed by atoms with E-state index in [1.54, 1.807) is 0 Å². The van der Waals surface area contributed by atoms with Gasteiger partial charge in [-0.15, -0.1) is 0 Å². The van der Waals surface area contributed by atoms with Gasteiger partial charge in [0.1, 0.15) is 12.4 Å². The molecule has 3 rings (SSSR count). The van der Waals surface area contributed by atoms with Crippen molar-refractivity contribution in [3.8, 4) is 5.75 Å². The van der Waals surface area contributed by atoms with Crippen molar-refractivity contribution in [3.05, 3.63) is 65.7 Å². The van der Waals surface area contributed by atoms with Crippen LogP contribution in [0.4, 0.5) is 0 Å². The van der Waals surface area contributed by atoms with Crippen molar-refractivity contribution in [1.29, 1.82) is 0 Å². The Morgan fingerprint density at radius 3 is 2.65 bits per heavy atom. The first kappa shape index (κ1) is 13.2. The van der Waals surface area contributed by atoms with Crippen LogP contribution >= 0.6 is 0 Å². The first-order valence-electron chi connectivity index (χ1n) is 7.38. The molecular weight excluding hydrogens is 246 g/mol. The summed E-state index contributed by atoms with van der Waals surface area (Å²) in [7, 11) is 0. The molecule has 0 fully saturated rings. The Morgan fingerprint density at radius 1 is 1.10 bits per heavy atom. The van der Waals surface area contributed by atoms with E-state index in [9.17, 15) is 0 Å². The van der Waals surface area contributed by atoms with Crippen molar-refractivity contribution in [3.63, 3.8) is 0 Å². The molecule has 2 unspecified atom stereocenters. The average molecular weight is 267 g/mol. The number of nitrogens with one attached hydrogen (secondary N) is 1. The molecule has 2 nitrogen and oxygen atoms in total. The lowest BCUT2D eigenvalue weighted by molar-refractivity contribution is 0.294. The van der Waals surface area contributed by atoms with Crippen LogP contribution in [-0.4, -0.2) is 12.6 Å². The van der Waals surface area contributed by atoms with Gasteiger partial charge in [-0.2, -0.15) is 0 Å². The first-order valence-corrected chi connectivity index (χ1v) is 7.38. The van der Waals surface area contributed by atoms with Gasteiger partial charge in [-0.25, -0.2) is 0 Å². The van der Waals surface area contributed by atoms with Crippen LogP contribution in [0.5, 0.6) is 5.75 Å². The third kappa shape index (κ3) is 2.86. The number of fused-ring (bicyclic) bond motifs is 1. The smallest absolute Gasteiger partial charge is 0.124 e. The lowest BCUT2D eigenvalue weighted by Crippen LogP contribution is -2.34. The van der Waals surface area contributed by atoms with E-state index in [1.165, 1.54) is 11.1 Å². The molecule has 0 amide bonds. The Kier molecular flexibility index (Phi) is 4.03. The van der Waals surface area contributed by atoms with Gasteiger partial charge >= 0.3 is 0 Å². The predicted octanol–water partition coefficient (Wildman–Crippen LogP) is 3.73. The van der Waals surface area contributed by atoms with Crippen LogP contribution in [0.3, 0.4) is 0 Å². The zero-order valence-electron chi connectivity index (χ0n) is 11.9. The van der Waals surface area contributed by atoms with Gasteiger partial charge < -0.3 is 10.1 Å². The summed E-state index contributed by atoms with van der Waals surface area (Å²) in [6.45, 7) is 2.98. The third-order valence-electron chi connectivity index (χ3n) is 3.95. The minimum Gasteiger partial charge on any atom is -0.491 e. The second-order valence-corrected chi connectivity index (χ2v) is 5.36. The fourth-order valence-electron chi connectivity index (χ4n) is 2.80. The standard InChI is InChI=1S/C18H21NO/c1-2-15(12-14-8-4-3-5-9-14)19-17-13-20-18-11-7-6-10-16(17)18/h3-11,15,17,19H,2,12-13H2,1H3. The van der Waals surface area contributed by atoms with Gasteiger partial charge in [0, 0.05) is 11.6 Å². The monoisotopic (exact) mass is 267 g/mol. The number of hydrogen-bond acceptors (Lipinski definition) is 2. The molecule has 20 heavy (non-hydrogen) atoms. The maximum Gasteiger partial charge on any atom is 0.124 e. The molecule has 0 aliphatic carbocycles. The predicted molar refractivity (Wildman–Crippen MR) is 82.0 cm³/mol. The summed E-state index contributed by atoms with van der Waals surface area (Å²) >= 11 is 0. The lowest BCUT2D eigenvalue weighted by atomic mass is 10.0. The average Bonchev–Trinajstić information content (AvgIpc) is 2.91. The van der Waals surface area contributed by atoms with E-state index in [-0.39, 0.29) is 0 Å². The zero-order chi connectivity index (χ0) is 13.8. The van der Waals surface area contributed by atoms with E-state index in [4.69, 9.17) is 4.74 Å². The molecule has 1 aliphatic rings. The number of ether oxygens (including phenoxy) is 1. The highest BCUT2D eigenvalue weighted by Gasteiger charge is 2.25. The van der Waals surface area contributed by atoms with E-state index < -0.39 is 0 Å². The molecule has 0 saturated heterocycles. The van der Waals surface area contributed by atoms with Gasteiger partial charge in [0.15, 0.2) is 0 Å². The third-order valence-corrected chi connectivity index (χ3v) is 3.95. The fourth-order valence-corrected chi connectivity index (χ4v) is 2.80. The van der Waals surface area contributed by atoms with E-state index in [0.717, 1.165) is 25.2 Å². The Bertz CT molecular complexity index is 552. The van der Waals surface area contributed by atoms with Crippen molar-refractivity contribution in [2.75, 3.05) is 6.61 Å². The summed E-state index contributed by atoms with van der Waals surface area (Å²) in [6, 6.07) is 19.8. The molecule has 0 aromatic heterocycles. The molecule has 0 bridgehead atoms. The van der Waals surface area contributed by atoms with Crippen molar-refractivity contribution in [2.45, 2.75) is 31.8 Å². The molecule has 1 aliphatic heterocycles. The quantitative estimate of drug-likeness (QED) is 0.891. The van der Waals surface area contributed by atoms with E-state index in [1.807, 2.05) is 6.07 Å². The van der Waals surface area contributed by atoms with Crippen LogP contribution in [0.25, 0.3) is 0 Å². The molecule has 1 N–H and O–H groups in total. The molecule has 2 atom stereocenters. The molecule has 0 radical (unpaired) electrons. The molecule has 2 aromatic rings. The second-order valence-electron chi connectivity index (χ2n) is 5.36. The van der Waals surface area contributed by atoms with Crippen LogP contribution in [0.15, 0.2) is 54.6 Å².